The summed E-state index contributed by atoms with van der Waals surface area (Å²) in [6, 6.07) is 3.82. The van der Waals surface area contributed by atoms with Crippen molar-refractivity contribution in [2.45, 2.75) is 25.7 Å². The second-order valence-electron chi connectivity index (χ2n) is 6.40. The average Bonchev–Trinajstić information content (AvgIpc) is 3.24. The molecule has 0 unspecified atom stereocenters. The van der Waals surface area contributed by atoms with Gasteiger partial charge in [-0.3, -0.25) is 4.79 Å². The Hall–Kier alpha value is -2.17. The van der Waals surface area contributed by atoms with Gasteiger partial charge in [0.25, 0.3) is 0 Å². The van der Waals surface area contributed by atoms with Gasteiger partial charge in [0.1, 0.15) is 5.82 Å². The molecule has 2 aromatic rings. The number of amides is 1. The number of carbonyl (C=O) groups excluding carboxylic acids is 1. The molecule has 3 atom stereocenters. The van der Waals surface area contributed by atoms with Crippen molar-refractivity contribution in [3.63, 3.8) is 0 Å². The van der Waals surface area contributed by atoms with Crippen molar-refractivity contribution in [1.82, 2.24) is 20.3 Å². The molecular formula is C17H20N4O. The van der Waals surface area contributed by atoms with Crippen LogP contribution in [0, 0.1) is 17.8 Å². The zero-order valence-electron chi connectivity index (χ0n) is 12.5. The molecule has 2 heterocycles. The van der Waals surface area contributed by atoms with Gasteiger partial charge in [0, 0.05) is 25.6 Å². The van der Waals surface area contributed by atoms with Crippen molar-refractivity contribution < 1.29 is 4.79 Å². The lowest BCUT2D eigenvalue weighted by Crippen LogP contribution is -2.31. The zero-order chi connectivity index (χ0) is 14.9. The first-order chi connectivity index (χ1) is 10.8. The van der Waals surface area contributed by atoms with Crippen molar-refractivity contribution in [2.75, 3.05) is 6.54 Å². The van der Waals surface area contributed by atoms with Crippen LogP contribution in [-0.2, 0) is 11.2 Å². The Balaban J connectivity index is 1.26. The second-order valence-corrected chi connectivity index (χ2v) is 6.40. The highest BCUT2D eigenvalue weighted by Crippen LogP contribution is 2.42. The number of nitrogens with zero attached hydrogens (tertiary/aromatic N) is 2. The highest BCUT2D eigenvalue weighted by atomic mass is 16.1. The molecule has 2 bridgehead atoms. The first-order valence-electron chi connectivity index (χ1n) is 8.02. The lowest BCUT2D eigenvalue weighted by molar-refractivity contribution is -0.121. The van der Waals surface area contributed by atoms with Crippen LogP contribution in [0.5, 0.6) is 0 Å². The number of nitrogens with one attached hydrogen (secondary N) is 2. The number of aromatic nitrogens is 3. The topological polar surface area (TPSA) is 70.7 Å². The standard InChI is InChI=1S/C17H20N4O/c22-16(19-10-13-9-11-3-4-12(13)8-11)6-5-15-20-14-2-1-7-18-17(14)21-15/h1-4,7,11-13H,5-6,8-10H2,(H,19,22)(H,18,20,21)/t11-,12-,13+/m0/s1. The Labute approximate surface area is 129 Å². The fourth-order valence-corrected chi connectivity index (χ4v) is 3.71. The molecule has 5 nitrogen and oxygen atoms in total. The Bertz CT molecular complexity index is 687. The summed E-state index contributed by atoms with van der Waals surface area (Å²) in [6.07, 6.45) is 9.99. The van der Waals surface area contributed by atoms with Gasteiger partial charge in [-0.25, -0.2) is 9.97 Å². The normalized spacial score (nSPS) is 25.9. The third kappa shape index (κ3) is 2.63. The molecule has 1 fully saturated rings. The molecule has 5 heteroatoms. The van der Waals surface area contributed by atoms with E-state index in [2.05, 4.69) is 32.4 Å². The summed E-state index contributed by atoms with van der Waals surface area (Å²) in [5, 5.41) is 3.08. The van der Waals surface area contributed by atoms with Crippen LogP contribution in [0.1, 0.15) is 25.1 Å². The number of rotatable bonds is 5. The predicted octanol–water partition coefficient (Wildman–Crippen LogP) is 2.22. The highest BCUT2D eigenvalue weighted by molar-refractivity contribution is 5.76. The fourth-order valence-electron chi connectivity index (χ4n) is 3.71. The predicted molar refractivity (Wildman–Crippen MR) is 84.1 cm³/mol. The van der Waals surface area contributed by atoms with Crippen molar-refractivity contribution in [2.24, 2.45) is 17.8 Å². The number of carbonyl (C=O) groups is 1. The quantitative estimate of drug-likeness (QED) is 0.831. The molecule has 2 aromatic heterocycles. The molecule has 0 spiro atoms. The first kappa shape index (κ1) is 13.5. The molecule has 0 radical (unpaired) electrons. The smallest absolute Gasteiger partial charge is 0.220 e. The second kappa shape index (κ2) is 5.55. The molecule has 0 aromatic carbocycles. The molecule has 2 aliphatic carbocycles. The molecule has 0 aliphatic heterocycles. The molecule has 22 heavy (non-hydrogen) atoms. The summed E-state index contributed by atoms with van der Waals surface area (Å²) in [6.45, 7) is 0.812. The van der Waals surface area contributed by atoms with E-state index < -0.39 is 0 Å². The maximum Gasteiger partial charge on any atom is 0.220 e. The number of aryl methyl sites for hydroxylation is 1. The Morgan fingerprint density at radius 3 is 3.09 bits per heavy atom. The average molecular weight is 296 g/mol. The van der Waals surface area contributed by atoms with Crippen LogP contribution in [0.15, 0.2) is 30.5 Å². The van der Waals surface area contributed by atoms with Crippen LogP contribution >= 0.6 is 0 Å². The van der Waals surface area contributed by atoms with Crippen LogP contribution in [-0.4, -0.2) is 27.4 Å². The SMILES string of the molecule is O=C(CCc1nc2ncccc2[nH]1)NC[C@H]1C[C@H]2C=C[C@H]1C2. The van der Waals surface area contributed by atoms with Gasteiger partial charge in [-0.05, 0) is 42.7 Å². The van der Waals surface area contributed by atoms with E-state index in [-0.39, 0.29) is 5.91 Å². The lowest BCUT2D eigenvalue weighted by Gasteiger charge is -2.18. The number of pyridine rings is 1. The van der Waals surface area contributed by atoms with Crippen LogP contribution in [0.2, 0.25) is 0 Å². The minimum atomic E-state index is 0.111. The van der Waals surface area contributed by atoms with Gasteiger partial charge in [0.2, 0.25) is 5.91 Å². The third-order valence-corrected chi connectivity index (χ3v) is 4.87. The maximum atomic E-state index is 12.0. The number of hydrogen-bond acceptors (Lipinski definition) is 3. The fraction of sp³-hybridized carbons (Fsp3) is 0.471. The van der Waals surface area contributed by atoms with E-state index in [1.807, 2.05) is 12.1 Å². The minimum Gasteiger partial charge on any atom is -0.356 e. The summed E-state index contributed by atoms with van der Waals surface area (Å²) in [7, 11) is 0. The van der Waals surface area contributed by atoms with E-state index in [4.69, 9.17) is 0 Å². The number of fused-ring (bicyclic) bond motifs is 3. The van der Waals surface area contributed by atoms with Crippen LogP contribution in [0.4, 0.5) is 0 Å². The van der Waals surface area contributed by atoms with E-state index in [1.54, 1.807) is 6.20 Å². The Kier molecular flexibility index (Phi) is 3.41. The van der Waals surface area contributed by atoms with Crippen molar-refractivity contribution in [3.8, 4) is 0 Å². The van der Waals surface area contributed by atoms with E-state index in [0.717, 1.165) is 23.8 Å². The number of allylic oxidation sites excluding steroid dienone is 2. The van der Waals surface area contributed by atoms with Gasteiger partial charge in [-0.1, -0.05) is 12.2 Å². The highest BCUT2D eigenvalue weighted by Gasteiger charge is 2.35. The maximum absolute atomic E-state index is 12.0. The molecule has 2 N–H and O–H groups in total. The number of aromatic amines is 1. The van der Waals surface area contributed by atoms with E-state index in [1.165, 1.54) is 12.8 Å². The van der Waals surface area contributed by atoms with Gasteiger partial charge in [-0.15, -0.1) is 0 Å². The van der Waals surface area contributed by atoms with Gasteiger partial charge in [-0.2, -0.15) is 0 Å². The van der Waals surface area contributed by atoms with Gasteiger partial charge < -0.3 is 10.3 Å². The summed E-state index contributed by atoms with van der Waals surface area (Å²) < 4.78 is 0. The summed E-state index contributed by atoms with van der Waals surface area (Å²) in [4.78, 5) is 23.8. The molecule has 114 valence electrons. The summed E-state index contributed by atoms with van der Waals surface area (Å²) >= 11 is 0. The number of H-pyrrole nitrogens is 1. The van der Waals surface area contributed by atoms with Crippen molar-refractivity contribution in [1.29, 1.82) is 0 Å². The molecule has 0 saturated heterocycles. The Morgan fingerprint density at radius 1 is 1.36 bits per heavy atom. The number of hydrogen-bond donors (Lipinski definition) is 2. The van der Waals surface area contributed by atoms with Crippen LogP contribution < -0.4 is 5.32 Å². The monoisotopic (exact) mass is 296 g/mol. The largest absolute Gasteiger partial charge is 0.356 e. The van der Waals surface area contributed by atoms with Crippen LogP contribution in [0.3, 0.4) is 0 Å². The molecule has 4 rings (SSSR count). The zero-order valence-corrected chi connectivity index (χ0v) is 12.5. The number of imidazole rings is 1. The van der Waals surface area contributed by atoms with Gasteiger partial charge >= 0.3 is 0 Å². The van der Waals surface area contributed by atoms with Crippen molar-refractivity contribution in [3.05, 3.63) is 36.3 Å². The van der Waals surface area contributed by atoms with E-state index in [0.29, 0.717) is 30.3 Å². The van der Waals surface area contributed by atoms with E-state index >= 15 is 0 Å². The van der Waals surface area contributed by atoms with Gasteiger partial charge in [0.15, 0.2) is 5.65 Å². The van der Waals surface area contributed by atoms with E-state index in [9.17, 15) is 4.79 Å². The van der Waals surface area contributed by atoms with Crippen molar-refractivity contribution >= 4 is 17.1 Å². The van der Waals surface area contributed by atoms with Crippen LogP contribution in [0.25, 0.3) is 11.2 Å². The third-order valence-electron chi connectivity index (χ3n) is 4.87. The molecule has 1 amide bonds. The molecule has 1 saturated carbocycles. The summed E-state index contributed by atoms with van der Waals surface area (Å²) in [5.41, 5.74) is 1.64. The lowest BCUT2D eigenvalue weighted by atomic mass is 9.93. The first-order valence-corrected chi connectivity index (χ1v) is 8.02. The summed E-state index contributed by atoms with van der Waals surface area (Å²) in [5.74, 6) is 3.02. The molecular weight excluding hydrogens is 276 g/mol. The van der Waals surface area contributed by atoms with Gasteiger partial charge in [0.05, 0.1) is 5.52 Å². The molecule has 2 aliphatic rings. The minimum absolute atomic E-state index is 0.111. The Morgan fingerprint density at radius 2 is 2.32 bits per heavy atom.